The largest absolute Gasteiger partial charge is 0.468 e. The summed E-state index contributed by atoms with van der Waals surface area (Å²) in [4.78, 5) is 40.5. The van der Waals surface area contributed by atoms with E-state index in [0.29, 0.717) is 6.42 Å². The van der Waals surface area contributed by atoms with Crippen molar-refractivity contribution in [2.45, 2.75) is 39.2 Å². The molecule has 1 aromatic rings. The summed E-state index contributed by atoms with van der Waals surface area (Å²) in [5, 5.41) is 0. The van der Waals surface area contributed by atoms with Gasteiger partial charge in [-0.2, -0.15) is 0 Å². The van der Waals surface area contributed by atoms with Crippen molar-refractivity contribution in [2.24, 2.45) is 11.3 Å². The van der Waals surface area contributed by atoms with Crippen molar-refractivity contribution in [3.05, 3.63) is 46.7 Å². The molecule has 0 radical (unpaired) electrons. The van der Waals surface area contributed by atoms with Crippen LogP contribution in [0.4, 0.5) is 0 Å². The van der Waals surface area contributed by atoms with E-state index in [4.69, 9.17) is 4.74 Å². The van der Waals surface area contributed by atoms with Crippen LogP contribution in [0.2, 0.25) is 0 Å². The number of fused-ring (bicyclic) bond motifs is 4. The van der Waals surface area contributed by atoms with Crippen molar-refractivity contribution in [3.8, 4) is 0 Å². The van der Waals surface area contributed by atoms with Crippen LogP contribution in [-0.2, 0) is 25.5 Å². The summed E-state index contributed by atoms with van der Waals surface area (Å²) >= 11 is 0. The molecule has 136 valence electrons. The molecule has 1 aromatic carbocycles. The Hall–Kier alpha value is -2.43. The van der Waals surface area contributed by atoms with Gasteiger partial charge in [0.2, 0.25) is 0 Å². The molecule has 2 aliphatic heterocycles. The zero-order chi connectivity index (χ0) is 18.6. The van der Waals surface area contributed by atoms with Crippen molar-refractivity contribution >= 4 is 17.5 Å². The highest BCUT2D eigenvalue weighted by molar-refractivity contribution is 6.26. The van der Waals surface area contributed by atoms with Crippen LogP contribution >= 0.6 is 0 Å². The quantitative estimate of drug-likeness (QED) is 0.441. The Labute approximate surface area is 153 Å². The monoisotopic (exact) mass is 353 g/mol. The molecule has 0 saturated carbocycles. The molecule has 3 aliphatic rings. The maximum Gasteiger partial charge on any atom is 0.317 e. The van der Waals surface area contributed by atoms with Gasteiger partial charge in [0.15, 0.2) is 11.6 Å². The lowest BCUT2D eigenvalue weighted by atomic mass is 9.64. The van der Waals surface area contributed by atoms with Gasteiger partial charge in [0.25, 0.3) is 0 Å². The average Bonchev–Trinajstić information content (AvgIpc) is 2.60. The molecule has 2 heterocycles. The van der Waals surface area contributed by atoms with E-state index in [2.05, 4.69) is 17.0 Å². The number of hydrogen-bond acceptors (Lipinski definition) is 5. The van der Waals surface area contributed by atoms with Crippen LogP contribution in [0.3, 0.4) is 0 Å². The highest BCUT2D eigenvalue weighted by atomic mass is 16.5. The Balaban J connectivity index is 1.81. The fourth-order valence-electron chi connectivity index (χ4n) is 4.82. The summed E-state index contributed by atoms with van der Waals surface area (Å²) in [5.41, 5.74) is 2.92. The number of hydrogen-bond donors (Lipinski definition) is 0. The second kappa shape index (κ2) is 5.79. The molecular weight excluding hydrogens is 330 g/mol. The molecular formula is C21H23NO4. The van der Waals surface area contributed by atoms with Gasteiger partial charge in [-0.25, -0.2) is 0 Å². The van der Waals surface area contributed by atoms with Gasteiger partial charge in [-0.05, 0) is 29.4 Å². The van der Waals surface area contributed by atoms with Crippen molar-refractivity contribution in [3.63, 3.8) is 0 Å². The van der Waals surface area contributed by atoms with Crippen LogP contribution in [0.1, 0.15) is 43.9 Å². The molecule has 0 aromatic heterocycles. The summed E-state index contributed by atoms with van der Waals surface area (Å²) in [6, 6.07) is 8.21. The zero-order valence-electron chi connectivity index (χ0n) is 15.4. The van der Waals surface area contributed by atoms with Gasteiger partial charge < -0.3 is 9.64 Å². The Morgan fingerprint density at radius 2 is 1.96 bits per heavy atom. The van der Waals surface area contributed by atoms with Gasteiger partial charge in [-0.3, -0.25) is 14.4 Å². The van der Waals surface area contributed by atoms with E-state index >= 15 is 0 Å². The number of benzene rings is 1. The maximum atomic E-state index is 13.1. The van der Waals surface area contributed by atoms with Crippen molar-refractivity contribution < 1.29 is 19.1 Å². The normalized spacial score (nSPS) is 26.8. The van der Waals surface area contributed by atoms with Crippen LogP contribution in [-0.4, -0.2) is 36.1 Å². The number of Topliss-reactive ketones (excluding diaryl/α,β-unsaturated/α-hetero) is 2. The van der Waals surface area contributed by atoms with E-state index in [1.807, 2.05) is 26.0 Å². The topological polar surface area (TPSA) is 63.7 Å². The van der Waals surface area contributed by atoms with E-state index < -0.39 is 17.3 Å². The third kappa shape index (κ3) is 2.33. The highest BCUT2D eigenvalue weighted by Crippen LogP contribution is 2.49. The molecule has 0 spiro atoms. The number of methoxy groups -OCH3 is 1. The summed E-state index contributed by atoms with van der Waals surface area (Å²) < 4.78 is 4.86. The fourth-order valence-corrected chi connectivity index (χ4v) is 4.82. The predicted octanol–water partition coefficient (Wildman–Crippen LogP) is 2.60. The third-order valence-electron chi connectivity index (χ3n) is 6.06. The predicted molar refractivity (Wildman–Crippen MR) is 95.2 cm³/mol. The second-order valence-electron chi connectivity index (χ2n) is 8.09. The fraction of sp³-hybridized carbons (Fsp3) is 0.476. The smallest absolute Gasteiger partial charge is 0.317 e. The Morgan fingerprint density at radius 1 is 1.23 bits per heavy atom. The lowest BCUT2D eigenvalue weighted by molar-refractivity contribution is -0.154. The van der Waals surface area contributed by atoms with Crippen molar-refractivity contribution in [1.29, 1.82) is 0 Å². The standard InChI is InChI=1S/C21H23NO4/c1-21(2)11-15-17(19(24)18(21)20(25)26-3)16(23)10-14-13-7-5-4-6-12(13)8-9-22(14)15/h4-7,14,18H,8-11H2,1-3H3/t14-,18+/m0/s1. The van der Waals surface area contributed by atoms with Crippen LogP contribution in [0.25, 0.3) is 0 Å². The first kappa shape index (κ1) is 17.0. The molecule has 26 heavy (non-hydrogen) atoms. The van der Waals surface area contributed by atoms with E-state index in [1.165, 1.54) is 18.2 Å². The minimum absolute atomic E-state index is 0.00974. The molecule has 5 nitrogen and oxygen atoms in total. The zero-order valence-corrected chi connectivity index (χ0v) is 15.4. The molecule has 0 unspecified atom stereocenters. The van der Waals surface area contributed by atoms with Crippen molar-refractivity contribution in [1.82, 2.24) is 4.90 Å². The number of allylic oxidation sites excluding steroid dienone is 2. The van der Waals surface area contributed by atoms with Crippen LogP contribution < -0.4 is 0 Å². The Morgan fingerprint density at radius 3 is 2.69 bits per heavy atom. The summed E-state index contributed by atoms with van der Waals surface area (Å²) in [5.74, 6) is -1.98. The maximum absolute atomic E-state index is 13.1. The number of ketones is 2. The summed E-state index contributed by atoms with van der Waals surface area (Å²) in [6.45, 7) is 4.60. The van der Waals surface area contributed by atoms with Gasteiger partial charge >= 0.3 is 5.97 Å². The first-order chi connectivity index (χ1) is 12.3. The molecule has 0 amide bonds. The number of rotatable bonds is 1. The summed E-state index contributed by atoms with van der Waals surface area (Å²) in [7, 11) is 1.29. The third-order valence-corrected chi connectivity index (χ3v) is 6.06. The number of nitrogens with zero attached hydrogens (tertiary/aromatic N) is 1. The lowest BCUT2D eigenvalue weighted by Crippen LogP contribution is -2.51. The van der Waals surface area contributed by atoms with Gasteiger partial charge in [0.05, 0.1) is 18.7 Å². The first-order valence-electron chi connectivity index (χ1n) is 9.08. The molecule has 0 fully saturated rings. The molecule has 2 atom stereocenters. The number of ether oxygens (including phenoxy) is 1. The molecule has 5 heteroatoms. The van der Waals surface area contributed by atoms with Crippen LogP contribution in [0.5, 0.6) is 0 Å². The van der Waals surface area contributed by atoms with E-state index in [9.17, 15) is 14.4 Å². The van der Waals surface area contributed by atoms with E-state index in [1.54, 1.807) is 0 Å². The molecule has 0 saturated heterocycles. The minimum Gasteiger partial charge on any atom is -0.468 e. The average molecular weight is 353 g/mol. The second-order valence-corrected chi connectivity index (χ2v) is 8.09. The Kier molecular flexibility index (Phi) is 3.79. The highest BCUT2D eigenvalue weighted by Gasteiger charge is 2.52. The minimum atomic E-state index is -0.913. The molecule has 0 bridgehead atoms. The first-order valence-corrected chi connectivity index (χ1v) is 9.08. The van der Waals surface area contributed by atoms with Gasteiger partial charge in [0.1, 0.15) is 5.92 Å². The lowest BCUT2D eigenvalue weighted by Gasteiger charge is -2.48. The summed E-state index contributed by atoms with van der Waals surface area (Å²) in [6.07, 6.45) is 1.71. The number of carbonyl (C=O) groups is 3. The van der Waals surface area contributed by atoms with Crippen molar-refractivity contribution in [2.75, 3.05) is 13.7 Å². The SMILES string of the molecule is COC(=O)[C@H]1C(=O)C2=C(CC1(C)C)N1CCc3ccccc3[C@@H]1CC2=O. The van der Waals surface area contributed by atoms with Crippen LogP contribution in [0, 0.1) is 11.3 Å². The van der Waals surface area contributed by atoms with Gasteiger partial charge in [-0.1, -0.05) is 38.1 Å². The molecule has 4 rings (SSSR count). The number of carbonyl (C=O) groups excluding carboxylic acids is 3. The van der Waals surface area contributed by atoms with E-state index in [0.717, 1.165) is 18.7 Å². The van der Waals surface area contributed by atoms with E-state index in [-0.39, 0.29) is 29.6 Å². The van der Waals surface area contributed by atoms with Gasteiger partial charge in [-0.15, -0.1) is 0 Å². The van der Waals surface area contributed by atoms with Gasteiger partial charge in [0, 0.05) is 18.7 Å². The molecule has 0 N–H and O–H groups in total. The molecule has 1 aliphatic carbocycles. The number of esters is 1. The van der Waals surface area contributed by atoms with Crippen LogP contribution in [0.15, 0.2) is 35.5 Å². The Bertz CT molecular complexity index is 851.